The second-order valence-corrected chi connectivity index (χ2v) is 3.24. The maximum absolute atomic E-state index is 11.8. The van der Waals surface area contributed by atoms with Crippen LogP contribution in [0.15, 0.2) is 34.3 Å². The molecule has 0 atom stereocenters. The number of nitrogens with zero attached hydrogens (tertiary/aromatic N) is 6. The molecule has 0 aromatic carbocycles. The van der Waals surface area contributed by atoms with Crippen molar-refractivity contribution in [2.75, 3.05) is 6.54 Å². The molecule has 0 amide bonds. The van der Waals surface area contributed by atoms with Crippen LogP contribution in [0.3, 0.4) is 0 Å². The molecule has 2 heterocycles. The van der Waals surface area contributed by atoms with Gasteiger partial charge in [0.15, 0.2) is 5.65 Å². The summed E-state index contributed by atoms with van der Waals surface area (Å²) in [6.07, 6.45) is 2.28. The van der Waals surface area contributed by atoms with Crippen molar-refractivity contribution in [1.82, 2.24) is 14.2 Å². The van der Waals surface area contributed by atoms with Crippen molar-refractivity contribution in [3.05, 3.63) is 45.3 Å². The topological polar surface area (TPSA) is 88.1 Å². The van der Waals surface area contributed by atoms with E-state index >= 15 is 0 Å². The summed E-state index contributed by atoms with van der Waals surface area (Å²) < 4.78 is 2.86. The lowest BCUT2D eigenvalue weighted by Crippen LogP contribution is -2.21. The number of fused-ring (bicyclic) bond motifs is 1. The van der Waals surface area contributed by atoms with Gasteiger partial charge in [-0.3, -0.25) is 4.40 Å². The zero-order valence-electron chi connectivity index (χ0n) is 8.52. The standard InChI is InChI=1S/C9H10N6O/c10-13-11-5-3-7-15-9(16)14-6-2-1-4-8(14)12-15/h1-2,4,6H,3,5,7H2. The summed E-state index contributed by atoms with van der Waals surface area (Å²) in [5.74, 6) is 0. The highest BCUT2D eigenvalue weighted by molar-refractivity contribution is 5.35. The molecular formula is C9H10N6O. The Bertz CT molecular complexity index is 591. The molecule has 0 radical (unpaired) electrons. The van der Waals surface area contributed by atoms with Crippen LogP contribution in [0.4, 0.5) is 0 Å². The third kappa shape index (κ3) is 1.89. The molecule has 0 N–H and O–H groups in total. The van der Waals surface area contributed by atoms with Crippen molar-refractivity contribution in [3.8, 4) is 0 Å². The van der Waals surface area contributed by atoms with Gasteiger partial charge in [0, 0.05) is 24.2 Å². The summed E-state index contributed by atoms with van der Waals surface area (Å²) >= 11 is 0. The van der Waals surface area contributed by atoms with Crippen LogP contribution in [0.2, 0.25) is 0 Å². The predicted molar refractivity (Wildman–Crippen MR) is 58.1 cm³/mol. The van der Waals surface area contributed by atoms with E-state index in [2.05, 4.69) is 15.1 Å². The normalized spacial score (nSPS) is 10.2. The molecule has 0 bridgehead atoms. The second-order valence-electron chi connectivity index (χ2n) is 3.24. The van der Waals surface area contributed by atoms with Gasteiger partial charge in [0.05, 0.1) is 0 Å². The molecule has 82 valence electrons. The lowest BCUT2D eigenvalue weighted by molar-refractivity contribution is 0.566. The van der Waals surface area contributed by atoms with E-state index in [-0.39, 0.29) is 5.69 Å². The Kier molecular flexibility index (Phi) is 2.88. The van der Waals surface area contributed by atoms with E-state index in [0.29, 0.717) is 25.2 Å². The van der Waals surface area contributed by atoms with Gasteiger partial charge in [-0.2, -0.15) is 0 Å². The van der Waals surface area contributed by atoms with Gasteiger partial charge in [0.25, 0.3) is 0 Å². The fourth-order valence-electron chi connectivity index (χ4n) is 1.45. The third-order valence-corrected chi connectivity index (χ3v) is 2.18. The number of hydrogen-bond acceptors (Lipinski definition) is 3. The first-order valence-corrected chi connectivity index (χ1v) is 4.88. The van der Waals surface area contributed by atoms with Crippen LogP contribution < -0.4 is 5.69 Å². The molecule has 0 unspecified atom stereocenters. The quantitative estimate of drug-likeness (QED) is 0.334. The van der Waals surface area contributed by atoms with E-state index < -0.39 is 0 Å². The van der Waals surface area contributed by atoms with Crippen molar-refractivity contribution >= 4 is 5.65 Å². The fraction of sp³-hybridized carbons (Fsp3) is 0.333. The smallest absolute Gasteiger partial charge is 0.250 e. The van der Waals surface area contributed by atoms with Crippen LogP contribution in [0.1, 0.15) is 6.42 Å². The van der Waals surface area contributed by atoms with Gasteiger partial charge in [-0.15, -0.1) is 5.10 Å². The van der Waals surface area contributed by atoms with Gasteiger partial charge in [-0.1, -0.05) is 11.2 Å². The maximum atomic E-state index is 11.8. The van der Waals surface area contributed by atoms with Crippen LogP contribution in [-0.4, -0.2) is 20.7 Å². The Labute approximate surface area is 90.6 Å². The zero-order valence-corrected chi connectivity index (χ0v) is 8.52. The van der Waals surface area contributed by atoms with Crippen molar-refractivity contribution in [1.29, 1.82) is 0 Å². The molecule has 0 fully saturated rings. The Hall–Kier alpha value is -2.27. The average molecular weight is 218 g/mol. The summed E-state index contributed by atoms with van der Waals surface area (Å²) in [7, 11) is 0. The molecule has 0 saturated carbocycles. The van der Waals surface area contributed by atoms with Gasteiger partial charge in [0.1, 0.15) is 0 Å². The molecule has 7 heteroatoms. The number of azide groups is 1. The van der Waals surface area contributed by atoms with E-state index in [4.69, 9.17) is 5.53 Å². The summed E-state index contributed by atoms with van der Waals surface area (Å²) in [6, 6.07) is 5.37. The van der Waals surface area contributed by atoms with Gasteiger partial charge >= 0.3 is 5.69 Å². The first-order valence-electron chi connectivity index (χ1n) is 4.88. The Morgan fingerprint density at radius 1 is 1.50 bits per heavy atom. The van der Waals surface area contributed by atoms with E-state index in [9.17, 15) is 4.79 Å². The number of pyridine rings is 1. The van der Waals surface area contributed by atoms with Crippen molar-refractivity contribution in [2.24, 2.45) is 5.11 Å². The minimum absolute atomic E-state index is 0.170. The first kappa shape index (κ1) is 10.3. The van der Waals surface area contributed by atoms with Crippen molar-refractivity contribution in [2.45, 2.75) is 13.0 Å². The van der Waals surface area contributed by atoms with Gasteiger partial charge in [-0.25, -0.2) is 9.48 Å². The molecule has 2 rings (SSSR count). The summed E-state index contributed by atoms with van der Waals surface area (Å²) in [5.41, 5.74) is 8.55. The summed E-state index contributed by atoms with van der Waals surface area (Å²) in [6.45, 7) is 0.830. The van der Waals surface area contributed by atoms with Crippen LogP contribution >= 0.6 is 0 Å². The Morgan fingerprint density at radius 2 is 2.38 bits per heavy atom. The number of aromatic nitrogens is 3. The SMILES string of the molecule is [N-]=[N+]=NCCCn1nc2ccccn2c1=O. The van der Waals surface area contributed by atoms with E-state index in [1.165, 1.54) is 9.08 Å². The third-order valence-electron chi connectivity index (χ3n) is 2.18. The minimum atomic E-state index is -0.170. The lowest BCUT2D eigenvalue weighted by Gasteiger charge is -1.94. The molecule has 7 nitrogen and oxygen atoms in total. The molecule has 0 aliphatic carbocycles. The molecule has 2 aromatic heterocycles. The number of rotatable bonds is 4. The second kappa shape index (κ2) is 4.50. The van der Waals surface area contributed by atoms with E-state index in [1.807, 2.05) is 6.07 Å². The van der Waals surface area contributed by atoms with Crippen LogP contribution in [0.5, 0.6) is 0 Å². The molecular weight excluding hydrogens is 208 g/mol. The molecule has 0 aliphatic rings. The van der Waals surface area contributed by atoms with Gasteiger partial charge < -0.3 is 0 Å². The monoisotopic (exact) mass is 218 g/mol. The molecule has 0 aliphatic heterocycles. The van der Waals surface area contributed by atoms with Crippen LogP contribution in [0.25, 0.3) is 16.1 Å². The maximum Gasteiger partial charge on any atom is 0.350 e. The highest BCUT2D eigenvalue weighted by Crippen LogP contribution is 1.95. The summed E-state index contributed by atoms with van der Waals surface area (Å²) in [4.78, 5) is 14.4. The highest BCUT2D eigenvalue weighted by Gasteiger charge is 2.04. The molecule has 2 aromatic rings. The van der Waals surface area contributed by atoms with Crippen LogP contribution in [0, 0.1) is 0 Å². The van der Waals surface area contributed by atoms with Gasteiger partial charge in [0.2, 0.25) is 0 Å². The molecule has 0 saturated heterocycles. The Morgan fingerprint density at radius 3 is 3.12 bits per heavy atom. The van der Waals surface area contributed by atoms with Crippen molar-refractivity contribution < 1.29 is 0 Å². The Balaban J connectivity index is 2.21. The minimum Gasteiger partial charge on any atom is -0.250 e. The van der Waals surface area contributed by atoms with E-state index in [0.717, 1.165) is 0 Å². The van der Waals surface area contributed by atoms with Gasteiger partial charge in [-0.05, 0) is 24.1 Å². The average Bonchev–Trinajstić information content (AvgIpc) is 2.63. The number of hydrogen-bond donors (Lipinski definition) is 0. The first-order chi connectivity index (χ1) is 7.83. The predicted octanol–water partition coefficient (Wildman–Crippen LogP) is 1.20. The zero-order chi connectivity index (χ0) is 11.4. The lowest BCUT2D eigenvalue weighted by atomic mass is 10.4. The van der Waals surface area contributed by atoms with Crippen LogP contribution in [-0.2, 0) is 6.54 Å². The number of aryl methyl sites for hydroxylation is 1. The fourth-order valence-corrected chi connectivity index (χ4v) is 1.45. The summed E-state index contributed by atoms with van der Waals surface area (Å²) in [5, 5.41) is 7.54. The molecule has 0 spiro atoms. The largest absolute Gasteiger partial charge is 0.350 e. The van der Waals surface area contributed by atoms with E-state index in [1.54, 1.807) is 18.3 Å². The molecule has 16 heavy (non-hydrogen) atoms. The highest BCUT2D eigenvalue weighted by atomic mass is 16.2. The van der Waals surface area contributed by atoms with Crippen molar-refractivity contribution in [3.63, 3.8) is 0 Å².